The molecule has 0 aliphatic heterocycles. The third-order valence-electron chi connectivity index (χ3n) is 8.87. The molecule has 1 aromatic heterocycles. The largest absolute Gasteiger partial charge is 0.135 e. The maximum Gasteiger partial charge on any atom is 0.0361 e. The minimum absolute atomic E-state index is 1.23. The van der Waals surface area contributed by atoms with Gasteiger partial charge in [0.2, 0.25) is 0 Å². The van der Waals surface area contributed by atoms with Gasteiger partial charge in [0.1, 0.15) is 0 Å². The maximum atomic E-state index is 2.36. The van der Waals surface area contributed by atoms with E-state index in [1.54, 1.807) is 0 Å². The Morgan fingerprint density at radius 1 is 0.233 bits per heavy atom. The minimum Gasteiger partial charge on any atom is -0.135 e. The SMILES string of the molecule is c1cc(-c2ccc(-c3ccc4c5ccccc5c5ccccc5c4c3)cc2)cc(-c2ccc3c(c2)sc2ccccc23)c1. The molecular formula is C42H26S. The van der Waals surface area contributed by atoms with Gasteiger partial charge in [-0.15, -0.1) is 11.3 Å². The van der Waals surface area contributed by atoms with Crippen LogP contribution in [-0.4, -0.2) is 0 Å². The average Bonchev–Trinajstić information content (AvgIpc) is 3.46. The van der Waals surface area contributed by atoms with Crippen molar-refractivity contribution in [2.45, 2.75) is 0 Å². The van der Waals surface area contributed by atoms with Gasteiger partial charge in [0.05, 0.1) is 0 Å². The Hall–Kier alpha value is -5.24. The van der Waals surface area contributed by atoms with E-state index < -0.39 is 0 Å². The van der Waals surface area contributed by atoms with Gasteiger partial charge in [-0.2, -0.15) is 0 Å². The Labute approximate surface area is 254 Å². The third kappa shape index (κ3) is 3.97. The molecule has 0 fully saturated rings. The van der Waals surface area contributed by atoms with Gasteiger partial charge in [-0.3, -0.25) is 0 Å². The molecule has 0 unspecified atom stereocenters. The Morgan fingerprint density at radius 3 is 1.30 bits per heavy atom. The quantitative estimate of drug-likeness (QED) is 0.188. The van der Waals surface area contributed by atoms with Crippen LogP contribution in [0.3, 0.4) is 0 Å². The second-order valence-electron chi connectivity index (χ2n) is 11.3. The smallest absolute Gasteiger partial charge is 0.0361 e. The number of rotatable bonds is 3. The molecule has 0 spiro atoms. The predicted octanol–water partition coefficient (Wildman–Crippen LogP) is 12.5. The molecule has 8 aromatic carbocycles. The van der Waals surface area contributed by atoms with Gasteiger partial charge in [0, 0.05) is 20.2 Å². The van der Waals surface area contributed by atoms with Crippen LogP contribution in [0, 0.1) is 0 Å². The normalized spacial score (nSPS) is 11.7. The van der Waals surface area contributed by atoms with Crippen LogP contribution in [0.15, 0.2) is 158 Å². The first-order chi connectivity index (χ1) is 21.3. The number of benzene rings is 8. The van der Waals surface area contributed by atoms with E-state index in [9.17, 15) is 0 Å². The van der Waals surface area contributed by atoms with Gasteiger partial charge in [0.15, 0.2) is 0 Å². The van der Waals surface area contributed by atoms with Crippen molar-refractivity contribution in [3.63, 3.8) is 0 Å². The van der Waals surface area contributed by atoms with Crippen LogP contribution in [0.25, 0.3) is 85.9 Å². The molecule has 0 bridgehead atoms. The molecule has 0 nitrogen and oxygen atoms in total. The number of thiophene rings is 1. The van der Waals surface area contributed by atoms with Crippen molar-refractivity contribution in [2.24, 2.45) is 0 Å². The molecule has 0 amide bonds. The van der Waals surface area contributed by atoms with E-state index in [0.29, 0.717) is 0 Å². The molecule has 200 valence electrons. The van der Waals surface area contributed by atoms with Crippen LogP contribution < -0.4 is 0 Å². The van der Waals surface area contributed by atoms with Gasteiger partial charge >= 0.3 is 0 Å². The minimum atomic E-state index is 1.23. The Morgan fingerprint density at radius 2 is 0.651 bits per heavy atom. The molecule has 0 aliphatic rings. The monoisotopic (exact) mass is 562 g/mol. The van der Waals surface area contributed by atoms with Gasteiger partial charge in [-0.25, -0.2) is 0 Å². The molecule has 9 aromatic rings. The number of hydrogen-bond donors (Lipinski definition) is 0. The highest BCUT2D eigenvalue weighted by atomic mass is 32.1. The van der Waals surface area contributed by atoms with Crippen molar-refractivity contribution in [1.82, 2.24) is 0 Å². The lowest BCUT2D eigenvalue weighted by Crippen LogP contribution is -1.85. The summed E-state index contributed by atoms with van der Waals surface area (Å²) in [6, 6.07) is 58.0. The molecule has 0 aliphatic carbocycles. The summed E-state index contributed by atoms with van der Waals surface area (Å²) in [4.78, 5) is 0. The molecule has 0 N–H and O–H groups in total. The summed E-state index contributed by atoms with van der Waals surface area (Å²) in [5.74, 6) is 0. The average molecular weight is 563 g/mol. The Bertz CT molecular complexity index is 2460. The van der Waals surface area contributed by atoms with E-state index in [1.165, 1.54) is 85.9 Å². The van der Waals surface area contributed by atoms with Crippen molar-refractivity contribution in [3.05, 3.63) is 158 Å². The van der Waals surface area contributed by atoms with Gasteiger partial charge in [-0.1, -0.05) is 133 Å². The predicted molar refractivity (Wildman–Crippen MR) is 188 cm³/mol. The summed E-state index contributed by atoms with van der Waals surface area (Å²) < 4.78 is 2.68. The Balaban J connectivity index is 1.08. The highest BCUT2D eigenvalue weighted by molar-refractivity contribution is 7.25. The van der Waals surface area contributed by atoms with Crippen molar-refractivity contribution in [1.29, 1.82) is 0 Å². The fraction of sp³-hybridized carbons (Fsp3) is 0. The van der Waals surface area contributed by atoms with Crippen LogP contribution in [0.5, 0.6) is 0 Å². The molecule has 1 heteroatoms. The summed E-state index contributed by atoms with van der Waals surface area (Å²) in [6.07, 6.45) is 0. The second-order valence-corrected chi connectivity index (χ2v) is 12.4. The highest BCUT2D eigenvalue weighted by Crippen LogP contribution is 2.39. The second kappa shape index (κ2) is 9.66. The van der Waals surface area contributed by atoms with Crippen LogP contribution in [0.1, 0.15) is 0 Å². The molecule has 0 atom stereocenters. The van der Waals surface area contributed by atoms with Crippen molar-refractivity contribution in [3.8, 4) is 33.4 Å². The summed E-state index contributed by atoms with van der Waals surface area (Å²) in [5.41, 5.74) is 7.43. The summed E-state index contributed by atoms with van der Waals surface area (Å²) in [5, 5.41) is 10.5. The van der Waals surface area contributed by atoms with Gasteiger partial charge < -0.3 is 0 Å². The third-order valence-corrected chi connectivity index (χ3v) is 10.0. The molecule has 9 rings (SSSR count). The van der Waals surface area contributed by atoms with E-state index in [1.807, 2.05) is 11.3 Å². The summed E-state index contributed by atoms with van der Waals surface area (Å²) in [7, 11) is 0. The first-order valence-electron chi connectivity index (χ1n) is 14.8. The zero-order chi connectivity index (χ0) is 28.3. The van der Waals surface area contributed by atoms with E-state index in [0.717, 1.165) is 0 Å². The molecule has 1 heterocycles. The first kappa shape index (κ1) is 24.4. The molecular weight excluding hydrogens is 537 g/mol. The standard InChI is InChI=1S/C42H26S/c1-2-12-35-33(10-1)34-11-3-4-13-36(34)40-25-31(20-22-37(35)40)28-18-16-27(17-19-28)29-8-7-9-30(24-29)32-21-23-39-38-14-5-6-15-41(38)43-42(39)26-32/h1-26H. The van der Waals surface area contributed by atoms with Crippen molar-refractivity contribution < 1.29 is 0 Å². The van der Waals surface area contributed by atoms with E-state index in [2.05, 4.69) is 158 Å². The maximum absolute atomic E-state index is 2.36. The molecule has 0 radical (unpaired) electrons. The first-order valence-corrected chi connectivity index (χ1v) is 15.6. The highest BCUT2D eigenvalue weighted by Gasteiger charge is 2.11. The van der Waals surface area contributed by atoms with Crippen LogP contribution in [-0.2, 0) is 0 Å². The lowest BCUT2D eigenvalue weighted by Gasteiger charge is -2.12. The zero-order valence-electron chi connectivity index (χ0n) is 23.4. The fourth-order valence-electron chi connectivity index (χ4n) is 6.73. The van der Waals surface area contributed by atoms with E-state index >= 15 is 0 Å². The zero-order valence-corrected chi connectivity index (χ0v) is 24.2. The van der Waals surface area contributed by atoms with Gasteiger partial charge in [-0.05, 0) is 90.0 Å². The van der Waals surface area contributed by atoms with Gasteiger partial charge in [0.25, 0.3) is 0 Å². The van der Waals surface area contributed by atoms with Crippen molar-refractivity contribution >= 4 is 63.8 Å². The summed E-state index contributed by atoms with van der Waals surface area (Å²) in [6.45, 7) is 0. The number of fused-ring (bicyclic) bond motifs is 9. The van der Waals surface area contributed by atoms with E-state index in [-0.39, 0.29) is 0 Å². The molecule has 43 heavy (non-hydrogen) atoms. The molecule has 0 saturated carbocycles. The van der Waals surface area contributed by atoms with Crippen LogP contribution >= 0.6 is 11.3 Å². The van der Waals surface area contributed by atoms with Crippen LogP contribution in [0.2, 0.25) is 0 Å². The van der Waals surface area contributed by atoms with Crippen LogP contribution in [0.4, 0.5) is 0 Å². The Kier molecular flexibility index (Phi) is 5.47. The lowest BCUT2D eigenvalue weighted by molar-refractivity contribution is 1.59. The topological polar surface area (TPSA) is 0 Å². The lowest BCUT2D eigenvalue weighted by atomic mass is 9.91. The fourth-order valence-corrected chi connectivity index (χ4v) is 7.87. The van der Waals surface area contributed by atoms with E-state index in [4.69, 9.17) is 0 Å². The number of hydrogen-bond acceptors (Lipinski definition) is 1. The summed E-state index contributed by atoms with van der Waals surface area (Å²) >= 11 is 1.87. The molecule has 0 saturated heterocycles. The van der Waals surface area contributed by atoms with Crippen molar-refractivity contribution in [2.75, 3.05) is 0 Å².